The Morgan fingerprint density at radius 1 is 0.917 bits per heavy atom. The van der Waals surface area contributed by atoms with Crippen LogP contribution in [0.25, 0.3) is 0 Å². The largest absolute Gasteiger partial charge is 1.00 e. The maximum atomic E-state index is 12.3. The van der Waals surface area contributed by atoms with E-state index >= 15 is 0 Å². The zero-order valence-electron chi connectivity index (χ0n) is 5.89. The minimum atomic E-state index is -1.86. The standard InChI is InChI=1S/C6BrF4.Li/c7-2-1-3(8)5(10)6(11)4(2)9;/q-1;+1. The van der Waals surface area contributed by atoms with Crippen molar-refractivity contribution in [3.63, 3.8) is 0 Å². The van der Waals surface area contributed by atoms with E-state index in [1.807, 2.05) is 0 Å². The molecule has 6 heteroatoms. The molecule has 1 aromatic rings. The van der Waals surface area contributed by atoms with E-state index in [0.29, 0.717) is 0 Å². The van der Waals surface area contributed by atoms with Gasteiger partial charge in [-0.25, -0.2) is 8.78 Å². The molecule has 0 spiro atoms. The van der Waals surface area contributed by atoms with Gasteiger partial charge in [-0.3, -0.25) is 8.78 Å². The van der Waals surface area contributed by atoms with Crippen molar-refractivity contribution < 1.29 is 36.4 Å². The summed E-state index contributed by atoms with van der Waals surface area (Å²) in [5, 5.41) is 0. The molecule has 0 heterocycles. The van der Waals surface area contributed by atoms with Gasteiger partial charge in [0.25, 0.3) is 0 Å². The first-order valence-electron chi connectivity index (χ1n) is 2.44. The van der Waals surface area contributed by atoms with E-state index in [1.54, 1.807) is 6.07 Å². The van der Waals surface area contributed by atoms with Gasteiger partial charge in [0.1, 0.15) is 0 Å². The van der Waals surface area contributed by atoms with Crippen LogP contribution in [0.4, 0.5) is 17.6 Å². The second-order valence-electron chi connectivity index (χ2n) is 1.69. The third-order valence-electron chi connectivity index (χ3n) is 0.990. The first-order chi connectivity index (χ1) is 5.04. The fraction of sp³-hybridized carbons (Fsp3) is 0. The van der Waals surface area contributed by atoms with Gasteiger partial charge in [0.05, 0.1) is 17.5 Å². The van der Waals surface area contributed by atoms with E-state index < -0.39 is 27.7 Å². The average molecular weight is 235 g/mol. The van der Waals surface area contributed by atoms with Gasteiger partial charge in [0.15, 0.2) is 0 Å². The summed E-state index contributed by atoms with van der Waals surface area (Å²) in [6, 6.07) is 1.61. The quantitative estimate of drug-likeness (QED) is 0.192. The van der Waals surface area contributed by atoms with Gasteiger partial charge in [-0.1, -0.05) is 20.4 Å². The first-order valence-corrected chi connectivity index (χ1v) is 3.24. The maximum absolute atomic E-state index is 12.3. The van der Waals surface area contributed by atoms with Crippen molar-refractivity contribution >= 4 is 15.9 Å². The number of benzene rings is 1. The zero-order chi connectivity index (χ0) is 8.59. The summed E-state index contributed by atoms with van der Waals surface area (Å²) in [6.45, 7) is 0. The van der Waals surface area contributed by atoms with Crippen LogP contribution in [0.2, 0.25) is 0 Å². The van der Waals surface area contributed by atoms with Crippen LogP contribution in [0.5, 0.6) is 0 Å². The fourth-order valence-electron chi connectivity index (χ4n) is 0.495. The topological polar surface area (TPSA) is 0 Å². The normalized spacial score (nSPS) is 9.42. The molecular formula is C6BrF4Li. The zero-order valence-corrected chi connectivity index (χ0v) is 7.48. The third kappa shape index (κ3) is 2.03. The van der Waals surface area contributed by atoms with Crippen LogP contribution in [0.1, 0.15) is 0 Å². The molecular weight excluding hydrogens is 235 g/mol. The Kier molecular flexibility index (Phi) is 4.32. The second-order valence-corrected chi connectivity index (χ2v) is 2.49. The Hall–Kier alpha value is 0.0174. The van der Waals surface area contributed by atoms with E-state index in [0.717, 1.165) is 0 Å². The first kappa shape index (κ1) is 12.0. The predicted molar refractivity (Wildman–Crippen MR) is 32.8 cm³/mol. The van der Waals surface area contributed by atoms with Gasteiger partial charge in [-0.05, 0) is 0 Å². The van der Waals surface area contributed by atoms with Gasteiger partial charge in [0, 0.05) is 5.82 Å². The molecule has 0 fully saturated rings. The molecule has 0 amide bonds. The van der Waals surface area contributed by atoms with Crippen molar-refractivity contribution in [2.75, 3.05) is 0 Å². The molecule has 0 saturated heterocycles. The molecule has 0 bridgehead atoms. The van der Waals surface area contributed by atoms with E-state index in [2.05, 4.69) is 15.9 Å². The van der Waals surface area contributed by atoms with Crippen LogP contribution in [0.3, 0.4) is 0 Å². The van der Waals surface area contributed by atoms with Crippen molar-refractivity contribution in [1.82, 2.24) is 0 Å². The van der Waals surface area contributed by atoms with E-state index in [1.165, 1.54) is 0 Å². The van der Waals surface area contributed by atoms with Crippen LogP contribution in [0.15, 0.2) is 4.47 Å². The van der Waals surface area contributed by atoms with Crippen molar-refractivity contribution in [2.24, 2.45) is 0 Å². The average Bonchev–Trinajstić information content (AvgIpc) is 1.97. The van der Waals surface area contributed by atoms with Crippen LogP contribution in [-0.2, 0) is 0 Å². The molecule has 0 radical (unpaired) electrons. The van der Waals surface area contributed by atoms with Crippen LogP contribution in [0, 0.1) is 29.3 Å². The minimum Gasteiger partial charge on any atom is -0.280 e. The van der Waals surface area contributed by atoms with Crippen LogP contribution < -0.4 is 18.9 Å². The minimum absolute atomic E-state index is 0. The smallest absolute Gasteiger partial charge is 0.280 e. The van der Waals surface area contributed by atoms with Gasteiger partial charge >= 0.3 is 18.9 Å². The molecule has 0 aliphatic heterocycles. The number of halogens is 5. The number of rotatable bonds is 0. The molecule has 0 atom stereocenters. The molecule has 1 rings (SSSR count). The molecule has 0 aliphatic rings. The summed E-state index contributed by atoms with van der Waals surface area (Å²) in [5.74, 6) is -6.72. The van der Waals surface area contributed by atoms with E-state index in [4.69, 9.17) is 0 Å². The van der Waals surface area contributed by atoms with Gasteiger partial charge in [0.2, 0.25) is 0 Å². The second kappa shape index (κ2) is 4.31. The summed E-state index contributed by atoms with van der Waals surface area (Å²) < 4.78 is 48.2. The summed E-state index contributed by atoms with van der Waals surface area (Å²) in [6.07, 6.45) is 0. The van der Waals surface area contributed by atoms with Crippen molar-refractivity contribution in [3.8, 4) is 0 Å². The van der Waals surface area contributed by atoms with Gasteiger partial charge in [-0.2, -0.15) is 0 Å². The van der Waals surface area contributed by atoms with Crippen molar-refractivity contribution in [2.45, 2.75) is 0 Å². The van der Waals surface area contributed by atoms with Crippen molar-refractivity contribution in [1.29, 1.82) is 0 Å². The predicted octanol–water partition coefficient (Wildman–Crippen LogP) is -0.190. The molecule has 0 nitrogen and oxygen atoms in total. The van der Waals surface area contributed by atoms with Gasteiger partial charge < -0.3 is 0 Å². The molecule has 0 aromatic heterocycles. The Labute approximate surface area is 86.3 Å². The molecule has 0 saturated carbocycles. The summed E-state index contributed by atoms with van der Waals surface area (Å²) in [4.78, 5) is 0. The Bertz CT molecular complexity index is 276. The Morgan fingerprint density at radius 2 is 1.42 bits per heavy atom. The van der Waals surface area contributed by atoms with Crippen LogP contribution >= 0.6 is 15.9 Å². The summed E-state index contributed by atoms with van der Waals surface area (Å²) >= 11 is 2.45. The van der Waals surface area contributed by atoms with E-state index in [-0.39, 0.29) is 18.9 Å². The van der Waals surface area contributed by atoms with E-state index in [9.17, 15) is 17.6 Å². The molecule has 12 heavy (non-hydrogen) atoms. The Balaban J connectivity index is 0.00000121. The van der Waals surface area contributed by atoms with Gasteiger partial charge in [-0.15, -0.1) is 6.07 Å². The summed E-state index contributed by atoms with van der Waals surface area (Å²) in [7, 11) is 0. The number of hydrogen-bond acceptors (Lipinski definition) is 0. The summed E-state index contributed by atoms with van der Waals surface area (Å²) in [5.41, 5.74) is 0. The van der Waals surface area contributed by atoms with Crippen molar-refractivity contribution in [3.05, 3.63) is 33.8 Å². The molecule has 0 N–H and O–H groups in total. The van der Waals surface area contributed by atoms with Crippen LogP contribution in [-0.4, -0.2) is 0 Å². The molecule has 1 aromatic carbocycles. The molecule has 60 valence electrons. The number of hydrogen-bond donors (Lipinski definition) is 0. The monoisotopic (exact) mass is 234 g/mol. The molecule has 0 aliphatic carbocycles. The maximum Gasteiger partial charge on any atom is 1.00 e. The molecule has 0 unspecified atom stereocenters. The fourth-order valence-corrected chi connectivity index (χ4v) is 0.843. The Morgan fingerprint density at radius 3 is 1.92 bits per heavy atom. The third-order valence-corrected chi connectivity index (χ3v) is 1.54. The SMILES string of the molecule is Fc1[c-]c(Br)c(F)c(F)c1F.[Li+].